The van der Waals surface area contributed by atoms with Gasteiger partial charge in [-0.3, -0.25) is 4.79 Å². The molecule has 0 bridgehead atoms. The quantitative estimate of drug-likeness (QED) is 0.678. The maximum Gasteiger partial charge on any atom is 0.326 e. The lowest BCUT2D eigenvalue weighted by Gasteiger charge is -2.17. The fourth-order valence-electron chi connectivity index (χ4n) is 1.26. The number of ether oxygens (including phenoxy) is 1. The van der Waals surface area contributed by atoms with Crippen molar-refractivity contribution in [1.82, 2.24) is 5.32 Å². The van der Waals surface area contributed by atoms with Crippen molar-refractivity contribution in [3.8, 4) is 0 Å². The Morgan fingerprint density at radius 1 is 1.29 bits per heavy atom. The van der Waals surface area contributed by atoms with E-state index >= 15 is 0 Å². The molecule has 0 saturated carbocycles. The van der Waals surface area contributed by atoms with Crippen LogP contribution >= 0.6 is 0 Å². The molecule has 0 rings (SSSR count). The topological polar surface area (TPSA) is 75.6 Å². The Morgan fingerprint density at radius 3 is 2.29 bits per heavy atom. The molecule has 5 nitrogen and oxygen atoms in total. The number of hydrogen-bond donors (Lipinski definition) is 2. The van der Waals surface area contributed by atoms with Crippen LogP contribution in [0.15, 0.2) is 0 Å². The largest absolute Gasteiger partial charge is 0.480 e. The van der Waals surface area contributed by atoms with E-state index < -0.39 is 12.0 Å². The molecule has 2 atom stereocenters. The number of nitrogens with one attached hydrogen (secondary N) is 1. The Bertz CT molecular complexity index is 253. The number of carbonyl (C=O) groups is 2. The summed E-state index contributed by atoms with van der Waals surface area (Å²) in [6, 6.07) is -0.831. The van der Waals surface area contributed by atoms with Crippen LogP contribution in [0.3, 0.4) is 0 Å². The minimum Gasteiger partial charge on any atom is -0.480 e. The molecule has 17 heavy (non-hydrogen) atoms. The zero-order valence-corrected chi connectivity index (χ0v) is 11.0. The highest BCUT2D eigenvalue weighted by atomic mass is 16.5. The summed E-state index contributed by atoms with van der Waals surface area (Å²) >= 11 is 0. The molecular formula is C12H23NO4. The van der Waals surface area contributed by atoms with Crippen LogP contribution < -0.4 is 5.32 Å². The number of hydrogen-bond acceptors (Lipinski definition) is 3. The van der Waals surface area contributed by atoms with Crippen LogP contribution in [-0.4, -0.2) is 35.7 Å². The maximum atomic E-state index is 11.5. The van der Waals surface area contributed by atoms with Crippen molar-refractivity contribution in [2.45, 2.75) is 52.7 Å². The van der Waals surface area contributed by atoms with Gasteiger partial charge in [0.2, 0.25) is 5.91 Å². The lowest BCUT2D eigenvalue weighted by molar-refractivity contribution is -0.143. The molecule has 0 saturated heterocycles. The second-order valence-electron chi connectivity index (χ2n) is 4.62. The highest BCUT2D eigenvalue weighted by Gasteiger charge is 2.21. The third-order valence-corrected chi connectivity index (χ3v) is 2.41. The summed E-state index contributed by atoms with van der Waals surface area (Å²) in [4.78, 5) is 22.4. The van der Waals surface area contributed by atoms with Crippen LogP contribution in [0.5, 0.6) is 0 Å². The summed E-state index contributed by atoms with van der Waals surface area (Å²) in [6.45, 7) is 7.57. The van der Waals surface area contributed by atoms with Gasteiger partial charge in [0.05, 0.1) is 6.10 Å². The molecule has 0 aliphatic carbocycles. The van der Waals surface area contributed by atoms with Gasteiger partial charge in [-0.1, -0.05) is 20.8 Å². The van der Waals surface area contributed by atoms with Crippen molar-refractivity contribution in [2.75, 3.05) is 6.61 Å². The first-order valence-electron chi connectivity index (χ1n) is 6.00. The molecule has 0 aliphatic rings. The fourth-order valence-corrected chi connectivity index (χ4v) is 1.26. The van der Waals surface area contributed by atoms with E-state index in [0.717, 1.165) is 6.42 Å². The fraction of sp³-hybridized carbons (Fsp3) is 0.833. The van der Waals surface area contributed by atoms with Gasteiger partial charge in [-0.2, -0.15) is 0 Å². The predicted molar refractivity (Wildman–Crippen MR) is 64.7 cm³/mol. The Labute approximate surface area is 103 Å². The molecule has 1 amide bonds. The number of carbonyl (C=O) groups excluding carboxylic acids is 1. The standard InChI is InChI=1S/C12H23NO4/c1-5-9(4)17-7-11(14)13-10(12(15)16)6-8(2)3/h8-10H,5-7H2,1-4H3,(H,13,14)(H,15,16)/t9?,10-/m1/s1. The zero-order valence-electron chi connectivity index (χ0n) is 11.0. The maximum absolute atomic E-state index is 11.5. The number of rotatable bonds is 8. The van der Waals surface area contributed by atoms with Gasteiger partial charge in [-0.05, 0) is 25.7 Å². The van der Waals surface area contributed by atoms with Crippen molar-refractivity contribution in [1.29, 1.82) is 0 Å². The average Bonchev–Trinajstić information content (AvgIpc) is 2.24. The van der Waals surface area contributed by atoms with E-state index in [9.17, 15) is 9.59 Å². The molecule has 1 unspecified atom stereocenters. The van der Waals surface area contributed by atoms with Gasteiger partial charge in [0.15, 0.2) is 0 Å². The second kappa shape index (κ2) is 8.06. The zero-order chi connectivity index (χ0) is 13.4. The molecule has 0 radical (unpaired) electrons. The van der Waals surface area contributed by atoms with Crippen molar-refractivity contribution in [3.63, 3.8) is 0 Å². The van der Waals surface area contributed by atoms with Gasteiger partial charge in [-0.25, -0.2) is 4.79 Å². The number of aliphatic carboxylic acids is 1. The van der Waals surface area contributed by atoms with Gasteiger partial charge in [0.1, 0.15) is 12.6 Å². The van der Waals surface area contributed by atoms with Gasteiger partial charge in [0.25, 0.3) is 0 Å². The van der Waals surface area contributed by atoms with Crippen molar-refractivity contribution in [3.05, 3.63) is 0 Å². The van der Waals surface area contributed by atoms with Gasteiger partial charge in [0, 0.05) is 0 Å². The minimum atomic E-state index is -1.00. The first kappa shape index (κ1) is 15.9. The normalized spacial score (nSPS) is 14.4. The minimum absolute atomic E-state index is 0.00845. The predicted octanol–water partition coefficient (Wildman–Crippen LogP) is 1.42. The number of carboxylic acid groups (broad SMARTS) is 1. The third-order valence-electron chi connectivity index (χ3n) is 2.41. The third kappa shape index (κ3) is 7.74. The van der Waals surface area contributed by atoms with E-state index in [1.807, 2.05) is 27.7 Å². The van der Waals surface area contributed by atoms with Crippen molar-refractivity contribution < 1.29 is 19.4 Å². The summed E-state index contributed by atoms with van der Waals surface area (Å²) in [5.41, 5.74) is 0. The van der Waals surface area contributed by atoms with Crippen molar-refractivity contribution >= 4 is 11.9 Å². The highest BCUT2D eigenvalue weighted by Crippen LogP contribution is 2.05. The van der Waals surface area contributed by atoms with Crippen LogP contribution in [0, 0.1) is 5.92 Å². The van der Waals surface area contributed by atoms with Crippen LogP contribution in [0.4, 0.5) is 0 Å². The molecule has 0 aromatic rings. The molecule has 0 spiro atoms. The Balaban J connectivity index is 4.08. The van der Waals surface area contributed by atoms with Gasteiger partial charge < -0.3 is 15.2 Å². The molecular weight excluding hydrogens is 222 g/mol. The molecule has 0 heterocycles. The van der Waals surface area contributed by atoms with Gasteiger partial charge in [-0.15, -0.1) is 0 Å². The van der Waals surface area contributed by atoms with E-state index in [-0.39, 0.29) is 24.5 Å². The molecule has 0 aromatic carbocycles. The van der Waals surface area contributed by atoms with Crippen LogP contribution in [0.25, 0.3) is 0 Å². The van der Waals surface area contributed by atoms with Crippen LogP contribution in [0.2, 0.25) is 0 Å². The molecule has 0 aliphatic heterocycles. The number of amides is 1. The lowest BCUT2D eigenvalue weighted by Crippen LogP contribution is -2.43. The summed E-state index contributed by atoms with van der Waals surface area (Å²) in [7, 11) is 0. The Morgan fingerprint density at radius 2 is 1.88 bits per heavy atom. The molecule has 2 N–H and O–H groups in total. The highest BCUT2D eigenvalue weighted by molar-refractivity contribution is 5.84. The monoisotopic (exact) mass is 245 g/mol. The average molecular weight is 245 g/mol. The lowest BCUT2D eigenvalue weighted by atomic mass is 10.0. The molecule has 5 heteroatoms. The second-order valence-corrected chi connectivity index (χ2v) is 4.62. The van der Waals surface area contributed by atoms with E-state index in [2.05, 4.69) is 5.32 Å². The van der Waals surface area contributed by atoms with E-state index in [1.54, 1.807) is 0 Å². The smallest absolute Gasteiger partial charge is 0.326 e. The summed E-state index contributed by atoms with van der Waals surface area (Å²) in [5.74, 6) is -1.17. The molecule has 0 fully saturated rings. The Kier molecular flexibility index (Phi) is 7.54. The van der Waals surface area contributed by atoms with E-state index in [1.165, 1.54) is 0 Å². The first-order chi connectivity index (χ1) is 7.86. The Hall–Kier alpha value is -1.10. The first-order valence-corrected chi connectivity index (χ1v) is 6.00. The summed E-state index contributed by atoms with van der Waals surface area (Å²) in [5, 5.41) is 11.4. The summed E-state index contributed by atoms with van der Waals surface area (Å²) < 4.78 is 5.23. The van der Waals surface area contributed by atoms with Crippen molar-refractivity contribution in [2.24, 2.45) is 5.92 Å². The summed E-state index contributed by atoms with van der Waals surface area (Å²) in [6.07, 6.45) is 1.25. The van der Waals surface area contributed by atoms with E-state index in [4.69, 9.17) is 9.84 Å². The van der Waals surface area contributed by atoms with Crippen LogP contribution in [-0.2, 0) is 14.3 Å². The van der Waals surface area contributed by atoms with Gasteiger partial charge >= 0.3 is 5.97 Å². The van der Waals surface area contributed by atoms with E-state index in [0.29, 0.717) is 6.42 Å². The number of carboxylic acids is 1. The molecule has 0 aromatic heterocycles. The van der Waals surface area contributed by atoms with Crippen LogP contribution in [0.1, 0.15) is 40.5 Å². The molecule has 100 valence electrons. The SMILES string of the molecule is CCC(C)OCC(=O)N[C@H](CC(C)C)C(=O)O.